The minimum absolute atomic E-state index is 0.0277. The van der Waals surface area contributed by atoms with Gasteiger partial charge in [0.2, 0.25) is 10.0 Å². The third-order valence-electron chi connectivity index (χ3n) is 4.34. The molecule has 0 bridgehead atoms. The zero-order valence-corrected chi connectivity index (χ0v) is 14.0. The molecule has 2 N–H and O–H groups in total. The van der Waals surface area contributed by atoms with Gasteiger partial charge in [0.05, 0.1) is 4.90 Å². The van der Waals surface area contributed by atoms with Gasteiger partial charge in [0.1, 0.15) is 0 Å². The van der Waals surface area contributed by atoms with E-state index in [0.29, 0.717) is 11.4 Å². The van der Waals surface area contributed by atoms with Crippen molar-refractivity contribution in [2.24, 2.45) is 5.41 Å². The van der Waals surface area contributed by atoms with E-state index in [2.05, 4.69) is 23.9 Å². The van der Waals surface area contributed by atoms with Crippen LogP contribution in [0.15, 0.2) is 29.2 Å². The van der Waals surface area contributed by atoms with Gasteiger partial charge in [-0.1, -0.05) is 39.3 Å². The third-order valence-corrected chi connectivity index (χ3v) is 5.81. The number of rotatable bonds is 6. The Morgan fingerprint density at radius 1 is 1.33 bits per heavy atom. The van der Waals surface area contributed by atoms with Crippen molar-refractivity contribution in [1.82, 2.24) is 10.0 Å². The van der Waals surface area contributed by atoms with Crippen LogP contribution >= 0.6 is 0 Å². The highest BCUT2D eigenvalue weighted by Crippen LogP contribution is 2.37. The van der Waals surface area contributed by atoms with E-state index in [-0.39, 0.29) is 11.5 Å². The van der Waals surface area contributed by atoms with E-state index in [1.54, 1.807) is 18.2 Å². The van der Waals surface area contributed by atoms with Crippen LogP contribution in [0.5, 0.6) is 0 Å². The van der Waals surface area contributed by atoms with E-state index in [1.165, 1.54) is 0 Å². The van der Waals surface area contributed by atoms with Crippen molar-refractivity contribution in [3.8, 4) is 0 Å². The third kappa shape index (κ3) is 4.05. The minimum Gasteiger partial charge on any atom is -0.313 e. The standard InChI is InChI=1S/C16H26N2O2S/c1-4-17-12-13-7-5-8-14(11-13)21(19,20)18-15-9-6-10-16(15,2)3/h5,7-8,11,15,17-18H,4,6,9-10,12H2,1-3H3. The van der Waals surface area contributed by atoms with Crippen molar-refractivity contribution >= 4 is 10.0 Å². The highest BCUT2D eigenvalue weighted by Gasteiger charge is 2.37. The number of hydrogen-bond acceptors (Lipinski definition) is 3. The Labute approximate surface area is 128 Å². The number of nitrogens with one attached hydrogen (secondary N) is 2. The fraction of sp³-hybridized carbons (Fsp3) is 0.625. The molecule has 2 rings (SSSR count). The average molecular weight is 310 g/mol. The first kappa shape index (κ1) is 16.5. The first-order chi connectivity index (χ1) is 9.85. The van der Waals surface area contributed by atoms with Crippen LogP contribution < -0.4 is 10.0 Å². The Hall–Kier alpha value is -0.910. The van der Waals surface area contributed by atoms with Gasteiger partial charge in [0, 0.05) is 12.6 Å². The maximum absolute atomic E-state index is 12.6. The molecule has 0 spiro atoms. The van der Waals surface area contributed by atoms with Gasteiger partial charge in [0.15, 0.2) is 0 Å². The molecule has 0 radical (unpaired) electrons. The quantitative estimate of drug-likeness (QED) is 0.849. The zero-order chi connectivity index (χ0) is 15.5. The summed E-state index contributed by atoms with van der Waals surface area (Å²) in [6.07, 6.45) is 3.07. The number of benzene rings is 1. The molecule has 0 heterocycles. The van der Waals surface area contributed by atoms with Gasteiger partial charge < -0.3 is 5.32 Å². The average Bonchev–Trinajstić information content (AvgIpc) is 2.75. The van der Waals surface area contributed by atoms with Crippen LogP contribution in [0.4, 0.5) is 0 Å². The van der Waals surface area contributed by atoms with Crippen molar-refractivity contribution in [2.45, 2.75) is 57.5 Å². The van der Waals surface area contributed by atoms with Crippen molar-refractivity contribution in [2.75, 3.05) is 6.54 Å². The van der Waals surface area contributed by atoms with Crippen LogP contribution in [0.1, 0.15) is 45.6 Å². The lowest BCUT2D eigenvalue weighted by Crippen LogP contribution is -2.41. The van der Waals surface area contributed by atoms with Gasteiger partial charge in [0.25, 0.3) is 0 Å². The van der Waals surface area contributed by atoms with Gasteiger partial charge in [-0.3, -0.25) is 0 Å². The molecule has 4 nitrogen and oxygen atoms in total. The zero-order valence-electron chi connectivity index (χ0n) is 13.1. The Bertz CT molecular complexity index is 582. The van der Waals surface area contributed by atoms with Crippen molar-refractivity contribution < 1.29 is 8.42 Å². The van der Waals surface area contributed by atoms with Gasteiger partial charge in [-0.25, -0.2) is 13.1 Å². The summed E-state index contributed by atoms with van der Waals surface area (Å²) in [5.74, 6) is 0. The Morgan fingerprint density at radius 3 is 2.71 bits per heavy atom. The molecule has 5 heteroatoms. The fourth-order valence-corrected chi connectivity index (χ4v) is 4.40. The van der Waals surface area contributed by atoms with Crippen molar-refractivity contribution in [1.29, 1.82) is 0 Å². The van der Waals surface area contributed by atoms with Gasteiger partial charge >= 0.3 is 0 Å². The van der Waals surface area contributed by atoms with E-state index in [1.807, 2.05) is 13.0 Å². The summed E-state index contributed by atoms with van der Waals surface area (Å²) >= 11 is 0. The molecule has 1 atom stereocenters. The van der Waals surface area contributed by atoms with Crippen LogP contribution in [0.2, 0.25) is 0 Å². The van der Waals surface area contributed by atoms with Crippen LogP contribution in [0.25, 0.3) is 0 Å². The number of sulfonamides is 1. The van der Waals surface area contributed by atoms with Crippen LogP contribution in [-0.4, -0.2) is 21.0 Å². The lowest BCUT2D eigenvalue weighted by molar-refractivity contribution is 0.313. The van der Waals surface area contributed by atoms with E-state index in [0.717, 1.165) is 31.4 Å². The van der Waals surface area contributed by atoms with E-state index >= 15 is 0 Å². The van der Waals surface area contributed by atoms with Crippen LogP contribution in [0.3, 0.4) is 0 Å². The molecule has 1 fully saturated rings. The second-order valence-corrected chi connectivity index (χ2v) is 8.20. The van der Waals surface area contributed by atoms with Crippen molar-refractivity contribution in [3.05, 3.63) is 29.8 Å². The molecule has 1 aliphatic rings. The predicted molar refractivity (Wildman–Crippen MR) is 85.6 cm³/mol. The maximum atomic E-state index is 12.6. The molecule has 21 heavy (non-hydrogen) atoms. The van der Waals surface area contributed by atoms with Gasteiger partial charge in [-0.15, -0.1) is 0 Å². The summed E-state index contributed by atoms with van der Waals surface area (Å²) in [6, 6.07) is 7.20. The lowest BCUT2D eigenvalue weighted by atomic mass is 9.88. The first-order valence-corrected chi connectivity index (χ1v) is 9.15. The minimum atomic E-state index is -3.44. The van der Waals surface area contributed by atoms with Crippen LogP contribution in [0, 0.1) is 5.41 Å². The molecule has 1 saturated carbocycles. The SMILES string of the molecule is CCNCc1cccc(S(=O)(=O)NC2CCCC2(C)C)c1. The maximum Gasteiger partial charge on any atom is 0.240 e. The van der Waals surface area contributed by atoms with Gasteiger partial charge in [-0.2, -0.15) is 0 Å². The molecular weight excluding hydrogens is 284 g/mol. The second kappa shape index (κ2) is 6.46. The molecule has 0 aliphatic heterocycles. The summed E-state index contributed by atoms with van der Waals surface area (Å²) < 4.78 is 28.0. The van der Waals surface area contributed by atoms with E-state index < -0.39 is 10.0 Å². The Morgan fingerprint density at radius 2 is 2.10 bits per heavy atom. The summed E-state index contributed by atoms with van der Waals surface area (Å²) in [6.45, 7) is 7.86. The Balaban J connectivity index is 2.16. The number of hydrogen-bond donors (Lipinski definition) is 2. The largest absolute Gasteiger partial charge is 0.313 e. The molecule has 1 aromatic carbocycles. The Kier molecular flexibility index (Phi) is 5.07. The van der Waals surface area contributed by atoms with E-state index in [9.17, 15) is 8.42 Å². The molecule has 1 unspecified atom stereocenters. The fourth-order valence-electron chi connectivity index (χ4n) is 2.89. The molecule has 0 aromatic heterocycles. The molecule has 118 valence electrons. The van der Waals surface area contributed by atoms with Crippen LogP contribution in [-0.2, 0) is 16.6 Å². The molecule has 1 aromatic rings. The highest BCUT2D eigenvalue weighted by atomic mass is 32.2. The molecule has 0 saturated heterocycles. The topological polar surface area (TPSA) is 58.2 Å². The molecule has 1 aliphatic carbocycles. The lowest BCUT2D eigenvalue weighted by Gasteiger charge is -2.27. The summed E-state index contributed by atoms with van der Waals surface area (Å²) in [4.78, 5) is 0.362. The molecular formula is C16H26N2O2S. The first-order valence-electron chi connectivity index (χ1n) is 7.67. The second-order valence-electron chi connectivity index (χ2n) is 6.48. The molecule has 0 amide bonds. The predicted octanol–water partition coefficient (Wildman–Crippen LogP) is 2.65. The summed E-state index contributed by atoms with van der Waals surface area (Å²) in [7, 11) is -3.44. The van der Waals surface area contributed by atoms with Gasteiger partial charge in [-0.05, 0) is 42.5 Å². The summed E-state index contributed by atoms with van der Waals surface area (Å²) in [5.41, 5.74) is 1.03. The monoisotopic (exact) mass is 310 g/mol. The smallest absolute Gasteiger partial charge is 0.240 e. The summed E-state index contributed by atoms with van der Waals surface area (Å²) in [5, 5.41) is 3.21. The van der Waals surface area contributed by atoms with Crippen molar-refractivity contribution in [3.63, 3.8) is 0 Å². The normalized spacial score (nSPS) is 21.6. The van der Waals surface area contributed by atoms with E-state index in [4.69, 9.17) is 0 Å². The highest BCUT2D eigenvalue weighted by molar-refractivity contribution is 7.89.